The third kappa shape index (κ3) is 6.92. The van der Waals surface area contributed by atoms with Crippen LogP contribution in [0, 0.1) is 0 Å². The van der Waals surface area contributed by atoms with Crippen LogP contribution in [0.3, 0.4) is 0 Å². The van der Waals surface area contributed by atoms with Crippen LogP contribution in [0.4, 0.5) is 5.82 Å². The second-order valence-electron chi connectivity index (χ2n) is 5.37. The Labute approximate surface area is 167 Å². The number of rotatable bonds is 8. The number of halogens is 2. The zero-order valence-corrected chi connectivity index (χ0v) is 16.2. The van der Waals surface area contributed by atoms with Gasteiger partial charge in [-0.25, -0.2) is 9.78 Å². The van der Waals surface area contributed by atoms with Gasteiger partial charge in [0, 0.05) is 35.9 Å². The number of benzene rings is 1. The maximum absolute atomic E-state index is 12.0. The van der Waals surface area contributed by atoms with E-state index in [4.69, 9.17) is 27.9 Å². The first-order valence-corrected chi connectivity index (χ1v) is 9.03. The largest absolute Gasteiger partial charge is 0.463 e. The molecule has 0 spiro atoms. The lowest BCUT2D eigenvalue weighted by Crippen LogP contribution is -2.28. The minimum atomic E-state index is -0.424. The molecule has 8 heteroatoms. The highest BCUT2D eigenvalue weighted by Gasteiger charge is 2.06. The van der Waals surface area contributed by atoms with E-state index in [1.54, 1.807) is 49.5 Å². The van der Waals surface area contributed by atoms with E-state index in [1.807, 2.05) is 0 Å². The summed E-state index contributed by atoms with van der Waals surface area (Å²) < 4.78 is 4.81. The Morgan fingerprint density at radius 2 is 1.93 bits per heavy atom. The molecule has 0 aliphatic carbocycles. The van der Waals surface area contributed by atoms with Crippen LogP contribution in [-0.2, 0) is 9.53 Å². The molecule has 0 unspecified atom stereocenters. The van der Waals surface area contributed by atoms with E-state index in [0.717, 1.165) is 0 Å². The lowest BCUT2D eigenvalue weighted by atomic mass is 10.2. The summed E-state index contributed by atoms with van der Waals surface area (Å²) in [5.41, 5.74) is 1.21. The van der Waals surface area contributed by atoms with E-state index >= 15 is 0 Å². The van der Waals surface area contributed by atoms with E-state index in [-0.39, 0.29) is 5.91 Å². The number of carbonyl (C=O) groups is 2. The van der Waals surface area contributed by atoms with Gasteiger partial charge in [-0.2, -0.15) is 0 Å². The molecular formula is C19H19Cl2N3O3. The normalized spacial score (nSPS) is 10.6. The number of carbonyl (C=O) groups excluding carboxylic acids is 2. The predicted octanol–water partition coefficient (Wildman–Crippen LogP) is 3.81. The zero-order chi connectivity index (χ0) is 19.6. The number of pyridine rings is 1. The molecule has 27 heavy (non-hydrogen) atoms. The molecule has 1 aromatic heterocycles. The van der Waals surface area contributed by atoms with Crippen molar-refractivity contribution in [2.75, 3.05) is 25.0 Å². The molecule has 1 heterocycles. The van der Waals surface area contributed by atoms with E-state index in [9.17, 15) is 9.59 Å². The van der Waals surface area contributed by atoms with Crippen LogP contribution in [0.25, 0.3) is 6.08 Å². The number of nitrogens with one attached hydrogen (secondary N) is 2. The van der Waals surface area contributed by atoms with Crippen LogP contribution in [-0.4, -0.2) is 36.6 Å². The maximum atomic E-state index is 12.0. The number of aromatic nitrogens is 1. The van der Waals surface area contributed by atoms with Gasteiger partial charge in [0.15, 0.2) is 0 Å². The number of hydrogen-bond donors (Lipinski definition) is 2. The molecule has 0 fully saturated rings. The van der Waals surface area contributed by atoms with Gasteiger partial charge in [-0.15, -0.1) is 0 Å². The van der Waals surface area contributed by atoms with Crippen LogP contribution in [0.15, 0.2) is 42.6 Å². The van der Waals surface area contributed by atoms with E-state index in [0.29, 0.717) is 46.7 Å². The fourth-order valence-corrected chi connectivity index (χ4v) is 2.46. The Balaban J connectivity index is 1.81. The average Bonchev–Trinajstić information content (AvgIpc) is 2.65. The van der Waals surface area contributed by atoms with Crippen molar-refractivity contribution in [1.82, 2.24) is 10.3 Å². The van der Waals surface area contributed by atoms with E-state index < -0.39 is 5.97 Å². The molecule has 6 nitrogen and oxygen atoms in total. The van der Waals surface area contributed by atoms with Crippen molar-refractivity contribution >= 4 is 47.0 Å². The number of ether oxygens (including phenoxy) is 1. The Hall–Kier alpha value is -2.57. The van der Waals surface area contributed by atoms with Gasteiger partial charge in [0.2, 0.25) is 0 Å². The molecule has 0 bridgehead atoms. The Morgan fingerprint density at radius 3 is 2.59 bits per heavy atom. The van der Waals surface area contributed by atoms with Crippen molar-refractivity contribution in [2.24, 2.45) is 0 Å². The summed E-state index contributed by atoms with van der Waals surface area (Å²) in [5.74, 6) is -0.120. The lowest BCUT2D eigenvalue weighted by molar-refractivity contribution is -0.137. The van der Waals surface area contributed by atoms with Gasteiger partial charge in [0.1, 0.15) is 5.82 Å². The number of anilines is 1. The molecule has 1 aromatic carbocycles. The van der Waals surface area contributed by atoms with E-state index in [1.165, 1.54) is 6.08 Å². The Bertz CT molecular complexity index is 823. The van der Waals surface area contributed by atoms with E-state index in [2.05, 4.69) is 15.6 Å². The molecule has 2 aromatic rings. The Kier molecular flexibility index (Phi) is 8.10. The van der Waals surface area contributed by atoms with Crippen molar-refractivity contribution in [3.05, 3.63) is 63.8 Å². The van der Waals surface area contributed by atoms with Crippen molar-refractivity contribution in [2.45, 2.75) is 6.92 Å². The fraction of sp³-hybridized carbons (Fsp3) is 0.211. The first-order valence-electron chi connectivity index (χ1n) is 8.27. The van der Waals surface area contributed by atoms with Crippen molar-refractivity contribution in [3.63, 3.8) is 0 Å². The van der Waals surface area contributed by atoms with Gasteiger partial charge in [-0.3, -0.25) is 4.79 Å². The summed E-state index contributed by atoms with van der Waals surface area (Å²) in [6.07, 6.45) is 4.47. The predicted molar refractivity (Wildman–Crippen MR) is 107 cm³/mol. The van der Waals surface area contributed by atoms with Crippen molar-refractivity contribution in [1.29, 1.82) is 0 Å². The monoisotopic (exact) mass is 407 g/mol. The summed E-state index contributed by atoms with van der Waals surface area (Å²) in [7, 11) is 0. The summed E-state index contributed by atoms with van der Waals surface area (Å²) in [6, 6.07) is 8.32. The summed E-state index contributed by atoms with van der Waals surface area (Å²) in [5, 5.41) is 6.82. The molecule has 1 amide bonds. The molecule has 0 atom stereocenters. The molecule has 2 N–H and O–H groups in total. The molecule has 0 saturated carbocycles. The molecular weight excluding hydrogens is 389 g/mol. The number of hydrogen-bond acceptors (Lipinski definition) is 5. The van der Waals surface area contributed by atoms with Crippen LogP contribution in [0.5, 0.6) is 0 Å². The topological polar surface area (TPSA) is 80.3 Å². The van der Waals surface area contributed by atoms with Gasteiger partial charge >= 0.3 is 5.97 Å². The highest BCUT2D eigenvalue weighted by atomic mass is 35.5. The standard InChI is InChI=1S/C19H19Cl2N3O3/c1-2-27-17(25)8-3-13-11-16(21)18(24-12-13)22-9-10-23-19(26)14-4-6-15(20)7-5-14/h3-8,11-12H,2,9-10H2,1H3,(H,22,24)(H,23,26). The fourth-order valence-electron chi connectivity index (χ4n) is 2.09. The SMILES string of the molecule is CCOC(=O)C=Cc1cnc(NCCNC(=O)c2ccc(Cl)cc2)c(Cl)c1. The van der Waals surface area contributed by atoms with Gasteiger partial charge in [0.05, 0.1) is 11.6 Å². The van der Waals surface area contributed by atoms with Crippen LogP contribution < -0.4 is 10.6 Å². The lowest BCUT2D eigenvalue weighted by Gasteiger charge is -2.09. The average molecular weight is 408 g/mol. The smallest absolute Gasteiger partial charge is 0.330 e. The quantitative estimate of drug-likeness (QED) is 0.395. The van der Waals surface area contributed by atoms with Crippen molar-refractivity contribution in [3.8, 4) is 0 Å². The van der Waals surface area contributed by atoms with Crippen LogP contribution >= 0.6 is 23.2 Å². The number of amides is 1. The number of esters is 1. The number of nitrogens with zero attached hydrogens (tertiary/aromatic N) is 1. The summed E-state index contributed by atoms with van der Waals surface area (Å²) >= 11 is 12.0. The maximum Gasteiger partial charge on any atom is 0.330 e. The van der Waals surface area contributed by atoms with Gasteiger partial charge in [-0.1, -0.05) is 23.2 Å². The van der Waals surface area contributed by atoms with Crippen molar-refractivity contribution < 1.29 is 14.3 Å². The highest BCUT2D eigenvalue weighted by molar-refractivity contribution is 6.33. The van der Waals surface area contributed by atoms with Crippen LogP contribution in [0.2, 0.25) is 10.0 Å². The first kappa shape index (κ1) is 20.7. The summed E-state index contributed by atoms with van der Waals surface area (Å²) in [6.45, 7) is 2.90. The second-order valence-corrected chi connectivity index (χ2v) is 6.22. The highest BCUT2D eigenvalue weighted by Crippen LogP contribution is 2.20. The van der Waals surface area contributed by atoms with Crippen LogP contribution in [0.1, 0.15) is 22.8 Å². The summed E-state index contributed by atoms with van der Waals surface area (Å²) in [4.78, 5) is 27.5. The molecule has 0 aliphatic rings. The molecule has 0 saturated heterocycles. The third-order valence-electron chi connectivity index (χ3n) is 3.37. The minimum absolute atomic E-state index is 0.188. The van der Waals surface area contributed by atoms with Gasteiger partial charge in [0.25, 0.3) is 5.91 Å². The molecule has 0 aliphatic heterocycles. The second kappa shape index (κ2) is 10.5. The molecule has 142 valence electrons. The molecule has 2 rings (SSSR count). The van der Waals surface area contributed by atoms with Gasteiger partial charge in [-0.05, 0) is 48.9 Å². The Morgan fingerprint density at radius 1 is 1.19 bits per heavy atom. The van der Waals surface area contributed by atoms with Gasteiger partial charge < -0.3 is 15.4 Å². The first-order chi connectivity index (χ1) is 13.0. The minimum Gasteiger partial charge on any atom is -0.463 e. The third-order valence-corrected chi connectivity index (χ3v) is 3.91. The zero-order valence-electron chi connectivity index (χ0n) is 14.7. The molecule has 0 radical (unpaired) electrons.